The van der Waals surface area contributed by atoms with Crippen molar-refractivity contribution in [2.45, 2.75) is 46.6 Å². The summed E-state index contributed by atoms with van der Waals surface area (Å²) in [6, 6.07) is 0. The molecule has 3 heteroatoms. The molecule has 0 spiro atoms. The summed E-state index contributed by atoms with van der Waals surface area (Å²) in [5.74, 6) is 1.27. The Morgan fingerprint density at radius 1 is 1.25 bits per heavy atom. The van der Waals surface area contributed by atoms with Crippen LogP contribution >= 0.6 is 0 Å². The van der Waals surface area contributed by atoms with Crippen molar-refractivity contribution in [2.24, 2.45) is 11.8 Å². The van der Waals surface area contributed by atoms with Gasteiger partial charge < -0.3 is 4.74 Å². The van der Waals surface area contributed by atoms with Gasteiger partial charge in [0.1, 0.15) is 5.60 Å². The molecule has 0 N–H and O–H groups in total. The van der Waals surface area contributed by atoms with Crippen LogP contribution in [0.15, 0.2) is 0 Å². The lowest BCUT2D eigenvalue weighted by Gasteiger charge is -2.34. The van der Waals surface area contributed by atoms with Crippen LogP contribution in [-0.4, -0.2) is 36.1 Å². The predicted octanol–water partition coefficient (Wildman–Crippen LogP) is 2.31. The summed E-state index contributed by atoms with van der Waals surface area (Å²) in [6.07, 6.45) is 1.27. The predicted molar refractivity (Wildman–Crippen MR) is 65.2 cm³/mol. The van der Waals surface area contributed by atoms with Crippen molar-refractivity contribution >= 4 is 5.97 Å². The smallest absolute Gasteiger partial charge is 0.320 e. The van der Waals surface area contributed by atoms with Crippen LogP contribution in [0.3, 0.4) is 0 Å². The van der Waals surface area contributed by atoms with E-state index in [1.165, 1.54) is 6.42 Å². The Morgan fingerprint density at radius 2 is 1.75 bits per heavy atom. The van der Waals surface area contributed by atoms with E-state index in [1.807, 2.05) is 20.8 Å². The number of likely N-dealkylation sites (tertiary alicyclic amines) is 1. The molecule has 16 heavy (non-hydrogen) atoms. The monoisotopic (exact) mass is 227 g/mol. The van der Waals surface area contributed by atoms with Gasteiger partial charge in [0.15, 0.2) is 0 Å². The van der Waals surface area contributed by atoms with Crippen LogP contribution in [0.4, 0.5) is 0 Å². The first kappa shape index (κ1) is 13.5. The summed E-state index contributed by atoms with van der Waals surface area (Å²) in [5.41, 5.74) is -0.371. The second kappa shape index (κ2) is 5.17. The van der Waals surface area contributed by atoms with Gasteiger partial charge >= 0.3 is 5.97 Å². The highest BCUT2D eigenvalue weighted by Crippen LogP contribution is 2.20. The summed E-state index contributed by atoms with van der Waals surface area (Å²) in [4.78, 5) is 13.9. The maximum absolute atomic E-state index is 11.7. The van der Waals surface area contributed by atoms with Crippen LogP contribution in [0.25, 0.3) is 0 Å². The summed E-state index contributed by atoms with van der Waals surface area (Å²) < 4.78 is 5.33. The normalized spacial score (nSPS) is 27.8. The minimum absolute atomic E-state index is 0.103. The third-order valence-corrected chi connectivity index (χ3v) is 2.72. The van der Waals surface area contributed by atoms with Gasteiger partial charge in [-0.15, -0.1) is 0 Å². The molecule has 2 atom stereocenters. The highest BCUT2D eigenvalue weighted by molar-refractivity contribution is 5.72. The van der Waals surface area contributed by atoms with Gasteiger partial charge in [-0.2, -0.15) is 0 Å². The summed E-state index contributed by atoms with van der Waals surface area (Å²) in [6.45, 7) is 12.7. The molecular weight excluding hydrogens is 202 g/mol. The number of rotatable bonds is 2. The van der Waals surface area contributed by atoms with Crippen LogP contribution in [0, 0.1) is 11.8 Å². The lowest BCUT2D eigenvalue weighted by atomic mass is 9.92. The first-order chi connectivity index (χ1) is 7.26. The molecule has 0 bridgehead atoms. The second-order valence-electron chi connectivity index (χ2n) is 6.23. The fourth-order valence-corrected chi connectivity index (χ4v) is 2.48. The van der Waals surface area contributed by atoms with Crippen LogP contribution in [0.1, 0.15) is 41.0 Å². The van der Waals surface area contributed by atoms with E-state index in [4.69, 9.17) is 4.74 Å². The van der Waals surface area contributed by atoms with Crippen LogP contribution in [0.2, 0.25) is 0 Å². The Hall–Kier alpha value is -0.570. The van der Waals surface area contributed by atoms with Crippen molar-refractivity contribution in [3.63, 3.8) is 0 Å². The van der Waals surface area contributed by atoms with Crippen LogP contribution in [-0.2, 0) is 9.53 Å². The summed E-state index contributed by atoms with van der Waals surface area (Å²) >= 11 is 0. The number of carbonyl (C=O) groups is 1. The zero-order valence-corrected chi connectivity index (χ0v) is 11.2. The number of piperidine rings is 1. The number of nitrogens with zero attached hydrogens (tertiary/aromatic N) is 1. The molecule has 0 aromatic heterocycles. The van der Waals surface area contributed by atoms with Gasteiger partial charge in [0.2, 0.25) is 0 Å². The van der Waals surface area contributed by atoms with E-state index >= 15 is 0 Å². The molecule has 0 amide bonds. The van der Waals surface area contributed by atoms with Crippen molar-refractivity contribution < 1.29 is 9.53 Å². The number of ether oxygens (including phenoxy) is 1. The zero-order chi connectivity index (χ0) is 12.3. The van der Waals surface area contributed by atoms with E-state index < -0.39 is 0 Å². The molecule has 3 nitrogen and oxygen atoms in total. The quantitative estimate of drug-likeness (QED) is 0.678. The Kier molecular flexibility index (Phi) is 4.36. The van der Waals surface area contributed by atoms with Crippen molar-refractivity contribution in [3.05, 3.63) is 0 Å². The molecule has 0 saturated carbocycles. The fourth-order valence-electron chi connectivity index (χ4n) is 2.48. The third kappa shape index (κ3) is 4.97. The fraction of sp³-hybridized carbons (Fsp3) is 0.923. The Morgan fingerprint density at radius 3 is 2.19 bits per heavy atom. The number of hydrogen-bond donors (Lipinski definition) is 0. The van der Waals surface area contributed by atoms with Crippen molar-refractivity contribution in [1.29, 1.82) is 0 Å². The standard InChI is InChI=1S/C13H25NO2/c1-10-6-11(2)8-14(7-10)9-12(15)16-13(3,4)5/h10-11H,6-9H2,1-5H3. The zero-order valence-electron chi connectivity index (χ0n) is 11.2. The molecule has 94 valence electrons. The molecule has 2 unspecified atom stereocenters. The summed E-state index contributed by atoms with van der Waals surface area (Å²) in [5, 5.41) is 0. The molecule has 1 aliphatic heterocycles. The first-order valence-electron chi connectivity index (χ1n) is 6.20. The Labute approximate surface area is 99.1 Å². The van der Waals surface area contributed by atoms with E-state index in [9.17, 15) is 4.79 Å². The van der Waals surface area contributed by atoms with Crippen molar-refractivity contribution in [1.82, 2.24) is 4.90 Å². The Balaban J connectivity index is 2.39. The number of hydrogen-bond acceptors (Lipinski definition) is 3. The van der Waals surface area contributed by atoms with Gasteiger partial charge in [-0.1, -0.05) is 13.8 Å². The van der Waals surface area contributed by atoms with Gasteiger partial charge in [0.05, 0.1) is 6.54 Å². The molecule has 1 aliphatic rings. The van der Waals surface area contributed by atoms with Gasteiger partial charge in [-0.3, -0.25) is 9.69 Å². The number of carbonyl (C=O) groups excluding carboxylic acids is 1. The van der Waals surface area contributed by atoms with Crippen molar-refractivity contribution in [2.75, 3.05) is 19.6 Å². The van der Waals surface area contributed by atoms with Crippen molar-refractivity contribution in [3.8, 4) is 0 Å². The lowest BCUT2D eigenvalue weighted by molar-refractivity contribution is -0.156. The molecule has 0 aromatic carbocycles. The van der Waals surface area contributed by atoms with Crippen LogP contribution < -0.4 is 0 Å². The largest absolute Gasteiger partial charge is 0.459 e. The average molecular weight is 227 g/mol. The van der Waals surface area contributed by atoms with E-state index in [0.29, 0.717) is 18.4 Å². The molecule has 1 fully saturated rings. The minimum Gasteiger partial charge on any atom is -0.459 e. The SMILES string of the molecule is CC1CC(C)CN(CC(=O)OC(C)(C)C)C1. The van der Waals surface area contributed by atoms with E-state index in [2.05, 4.69) is 18.7 Å². The third-order valence-electron chi connectivity index (χ3n) is 2.72. The average Bonchev–Trinajstić information content (AvgIpc) is 1.96. The first-order valence-corrected chi connectivity index (χ1v) is 6.20. The summed E-state index contributed by atoms with van der Waals surface area (Å²) in [7, 11) is 0. The minimum atomic E-state index is -0.371. The Bertz CT molecular complexity index is 235. The maximum atomic E-state index is 11.7. The number of esters is 1. The molecule has 1 saturated heterocycles. The highest BCUT2D eigenvalue weighted by Gasteiger charge is 2.25. The maximum Gasteiger partial charge on any atom is 0.320 e. The van der Waals surface area contributed by atoms with Gasteiger partial charge in [-0.25, -0.2) is 0 Å². The lowest BCUT2D eigenvalue weighted by Crippen LogP contribution is -2.43. The van der Waals surface area contributed by atoms with E-state index in [1.54, 1.807) is 0 Å². The van der Waals surface area contributed by atoms with Crippen LogP contribution in [0.5, 0.6) is 0 Å². The molecule has 0 aliphatic carbocycles. The second-order valence-corrected chi connectivity index (χ2v) is 6.23. The molecule has 0 radical (unpaired) electrons. The highest BCUT2D eigenvalue weighted by atomic mass is 16.6. The molecular formula is C13H25NO2. The molecule has 1 heterocycles. The topological polar surface area (TPSA) is 29.5 Å². The molecule has 0 aromatic rings. The molecule has 1 rings (SSSR count). The van der Waals surface area contributed by atoms with Gasteiger partial charge in [-0.05, 0) is 39.0 Å². The van der Waals surface area contributed by atoms with Gasteiger partial charge in [0.25, 0.3) is 0 Å². The van der Waals surface area contributed by atoms with Gasteiger partial charge in [0, 0.05) is 13.1 Å². The van der Waals surface area contributed by atoms with E-state index in [0.717, 1.165) is 13.1 Å². The van der Waals surface area contributed by atoms with E-state index in [-0.39, 0.29) is 11.6 Å².